The maximum atomic E-state index is 12.1. The van der Waals surface area contributed by atoms with Crippen molar-refractivity contribution in [1.82, 2.24) is 4.98 Å². The van der Waals surface area contributed by atoms with Gasteiger partial charge < -0.3 is 4.74 Å². The minimum absolute atomic E-state index is 0.133. The Kier molecular flexibility index (Phi) is 8.95. The second-order valence-corrected chi connectivity index (χ2v) is 5.49. The first-order chi connectivity index (χ1) is 10.2. The largest absolute Gasteiger partial charge is 0.433 e. The van der Waals surface area contributed by atoms with Crippen LogP contribution in [0, 0.1) is 0 Å². The first kappa shape index (κ1) is 17.9. The summed E-state index contributed by atoms with van der Waals surface area (Å²) >= 11 is 0. The van der Waals surface area contributed by atoms with Crippen molar-refractivity contribution in [2.45, 2.75) is 77.7 Å². The monoisotopic (exact) mass is 299 g/mol. The van der Waals surface area contributed by atoms with Gasteiger partial charge >= 0.3 is 6.61 Å². The van der Waals surface area contributed by atoms with Crippen LogP contribution in [0.25, 0.3) is 0 Å². The van der Waals surface area contributed by atoms with E-state index in [0.717, 1.165) is 25.0 Å². The second-order valence-electron chi connectivity index (χ2n) is 5.49. The minimum atomic E-state index is -2.79. The summed E-state index contributed by atoms with van der Waals surface area (Å²) in [6, 6.07) is 3.43. The van der Waals surface area contributed by atoms with Crippen molar-refractivity contribution in [3.63, 3.8) is 0 Å². The van der Waals surface area contributed by atoms with E-state index in [9.17, 15) is 8.78 Å². The predicted octanol–water partition coefficient (Wildman–Crippen LogP) is 5.93. The third kappa shape index (κ3) is 7.39. The van der Waals surface area contributed by atoms with E-state index < -0.39 is 6.61 Å². The van der Waals surface area contributed by atoms with Gasteiger partial charge in [-0.2, -0.15) is 8.78 Å². The molecule has 0 bridgehead atoms. The topological polar surface area (TPSA) is 22.1 Å². The Morgan fingerprint density at radius 3 is 2.29 bits per heavy atom. The highest BCUT2D eigenvalue weighted by molar-refractivity contribution is 5.21. The average molecular weight is 299 g/mol. The molecular formula is C17H27F2NO. The molecule has 0 N–H and O–H groups in total. The van der Waals surface area contributed by atoms with Gasteiger partial charge in [0.1, 0.15) is 5.75 Å². The van der Waals surface area contributed by atoms with E-state index in [4.69, 9.17) is 0 Å². The van der Waals surface area contributed by atoms with Gasteiger partial charge in [-0.1, -0.05) is 52.4 Å². The first-order valence-electron chi connectivity index (χ1n) is 8.08. The normalized spacial score (nSPS) is 12.6. The number of hydrogen-bond donors (Lipinski definition) is 0. The standard InChI is InChI=1S/C17H27F2NO/c1-3-5-7-8-10-14(9-6-4-2)16-12-11-15(13-20-16)21-17(18)19/h11-14,17H,3-10H2,1-2H3. The minimum Gasteiger partial charge on any atom is -0.433 e. The molecule has 0 fully saturated rings. The van der Waals surface area contributed by atoms with Gasteiger partial charge in [-0.25, -0.2) is 0 Å². The van der Waals surface area contributed by atoms with E-state index >= 15 is 0 Å². The fraction of sp³-hybridized carbons (Fsp3) is 0.706. The van der Waals surface area contributed by atoms with Gasteiger partial charge in [0.05, 0.1) is 6.20 Å². The lowest BCUT2D eigenvalue weighted by atomic mass is 9.92. The van der Waals surface area contributed by atoms with E-state index in [1.165, 1.54) is 38.3 Å². The number of halogens is 2. The van der Waals surface area contributed by atoms with Crippen LogP contribution in [0.1, 0.15) is 76.8 Å². The van der Waals surface area contributed by atoms with Crippen molar-refractivity contribution in [3.05, 3.63) is 24.0 Å². The fourth-order valence-corrected chi connectivity index (χ4v) is 2.51. The van der Waals surface area contributed by atoms with Gasteiger partial charge in [0.25, 0.3) is 0 Å². The smallest absolute Gasteiger partial charge is 0.387 e. The molecule has 4 heteroatoms. The molecule has 0 aliphatic heterocycles. The third-order valence-electron chi connectivity index (χ3n) is 3.71. The van der Waals surface area contributed by atoms with Crippen LogP contribution in [-0.4, -0.2) is 11.6 Å². The van der Waals surface area contributed by atoms with Crippen molar-refractivity contribution in [2.24, 2.45) is 0 Å². The van der Waals surface area contributed by atoms with Crippen LogP contribution in [0.5, 0.6) is 5.75 Å². The number of alkyl halides is 2. The van der Waals surface area contributed by atoms with Gasteiger partial charge in [-0.15, -0.1) is 0 Å². The van der Waals surface area contributed by atoms with E-state index in [0.29, 0.717) is 5.92 Å². The van der Waals surface area contributed by atoms with Gasteiger partial charge in [0.2, 0.25) is 0 Å². The molecule has 0 radical (unpaired) electrons. The Labute approximate surface area is 126 Å². The molecule has 1 aromatic heterocycles. The van der Waals surface area contributed by atoms with Crippen LogP contribution in [-0.2, 0) is 0 Å². The van der Waals surface area contributed by atoms with Gasteiger partial charge in [0, 0.05) is 11.6 Å². The molecule has 1 heterocycles. The zero-order valence-corrected chi connectivity index (χ0v) is 13.2. The molecule has 0 aliphatic rings. The maximum absolute atomic E-state index is 12.1. The molecular weight excluding hydrogens is 272 g/mol. The molecule has 0 saturated heterocycles. The van der Waals surface area contributed by atoms with Crippen molar-refractivity contribution >= 4 is 0 Å². The molecule has 2 nitrogen and oxygen atoms in total. The lowest BCUT2D eigenvalue weighted by Crippen LogP contribution is -2.05. The summed E-state index contributed by atoms with van der Waals surface area (Å²) in [7, 11) is 0. The van der Waals surface area contributed by atoms with Crippen molar-refractivity contribution in [3.8, 4) is 5.75 Å². The highest BCUT2D eigenvalue weighted by atomic mass is 19.3. The van der Waals surface area contributed by atoms with E-state index in [1.807, 2.05) is 6.07 Å². The lowest BCUT2D eigenvalue weighted by molar-refractivity contribution is -0.0501. The molecule has 21 heavy (non-hydrogen) atoms. The zero-order chi connectivity index (χ0) is 15.5. The highest BCUT2D eigenvalue weighted by Crippen LogP contribution is 2.28. The SMILES string of the molecule is CCCCCCC(CCCC)c1ccc(OC(F)F)cn1. The number of rotatable bonds is 11. The van der Waals surface area contributed by atoms with E-state index in [2.05, 4.69) is 23.6 Å². The third-order valence-corrected chi connectivity index (χ3v) is 3.71. The Morgan fingerprint density at radius 2 is 1.71 bits per heavy atom. The van der Waals surface area contributed by atoms with Crippen LogP contribution in [0.15, 0.2) is 18.3 Å². The Bertz CT molecular complexity index is 368. The number of nitrogens with zero attached hydrogens (tertiary/aromatic N) is 1. The summed E-state index contributed by atoms with van der Waals surface area (Å²) in [4.78, 5) is 4.33. The molecule has 0 saturated carbocycles. The number of unbranched alkanes of at least 4 members (excludes halogenated alkanes) is 4. The zero-order valence-electron chi connectivity index (χ0n) is 13.2. The fourth-order valence-electron chi connectivity index (χ4n) is 2.51. The van der Waals surface area contributed by atoms with Crippen molar-refractivity contribution < 1.29 is 13.5 Å². The number of ether oxygens (including phenoxy) is 1. The van der Waals surface area contributed by atoms with Gasteiger partial charge in [0.15, 0.2) is 0 Å². The summed E-state index contributed by atoms with van der Waals surface area (Å²) in [6.07, 6.45) is 11.0. The molecule has 1 aromatic rings. The van der Waals surface area contributed by atoms with Crippen LogP contribution in [0.2, 0.25) is 0 Å². The molecule has 0 aliphatic carbocycles. The van der Waals surface area contributed by atoms with E-state index in [1.54, 1.807) is 6.07 Å². The summed E-state index contributed by atoms with van der Waals surface area (Å²) < 4.78 is 28.6. The second kappa shape index (κ2) is 10.5. The van der Waals surface area contributed by atoms with Gasteiger partial charge in [-0.05, 0) is 25.0 Å². The lowest BCUT2D eigenvalue weighted by Gasteiger charge is -2.16. The van der Waals surface area contributed by atoms with Crippen LogP contribution < -0.4 is 4.74 Å². The number of aromatic nitrogens is 1. The maximum Gasteiger partial charge on any atom is 0.387 e. The summed E-state index contributed by atoms with van der Waals surface area (Å²) in [5.41, 5.74) is 1.00. The van der Waals surface area contributed by atoms with Crippen LogP contribution >= 0.6 is 0 Å². The summed E-state index contributed by atoms with van der Waals surface area (Å²) in [6.45, 7) is 1.60. The average Bonchev–Trinajstić information content (AvgIpc) is 2.47. The Morgan fingerprint density at radius 1 is 1.00 bits per heavy atom. The Balaban J connectivity index is 2.59. The Hall–Kier alpha value is -1.19. The molecule has 0 amide bonds. The van der Waals surface area contributed by atoms with Crippen molar-refractivity contribution in [2.75, 3.05) is 0 Å². The van der Waals surface area contributed by atoms with Crippen molar-refractivity contribution in [1.29, 1.82) is 0 Å². The molecule has 1 rings (SSSR count). The van der Waals surface area contributed by atoms with E-state index in [-0.39, 0.29) is 5.75 Å². The predicted molar refractivity (Wildman–Crippen MR) is 81.9 cm³/mol. The summed E-state index contributed by atoms with van der Waals surface area (Å²) in [5, 5.41) is 0. The molecule has 120 valence electrons. The molecule has 0 spiro atoms. The quantitative estimate of drug-likeness (QED) is 0.473. The molecule has 1 unspecified atom stereocenters. The molecule has 0 aromatic carbocycles. The number of pyridine rings is 1. The molecule has 1 atom stereocenters. The first-order valence-corrected chi connectivity index (χ1v) is 8.08. The van der Waals surface area contributed by atoms with Crippen LogP contribution in [0.3, 0.4) is 0 Å². The highest BCUT2D eigenvalue weighted by Gasteiger charge is 2.13. The number of hydrogen-bond acceptors (Lipinski definition) is 2. The summed E-state index contributed by atoms with van der Waals surface area (Å²) in [5.74, 6) is 0.566. The van der Waals surface area contributed by atoms with Crippen LogP contribution in [0.4, 0.5) is 8.78 Å². The van der Waals surface area contributed by atoms with Gasteiger partial charge in [-0.3, -0.25) is 4.98 Å².